The van der Waals surface area contributed by atoms with Crippen molar-refractivity contribution < 1.29 is 18.4 Å². The van der Waals surface area contributed by atoms with E-state index in [-0.39, 0.29) is 16.5 Å². The van der Waals surface area contributed by atoms with Gasteiger partial charge in [0.2, 0.25) is 0 Å². The molecule has 1 aromatic carbocycles. The molecule has 0 spiro atoms. The molecule has 0 radical (unpaired) electrons. The van der Waals surface area contributed by atoms with Crippen molar-refractivity contribution in [2.75, 3.05) is 18.0 Å². The van der Waals surface area contributed by atoms with Crippen LogP contribution in [-0.2, 0) is 0 Å². The van der Waals surface area contributed by atoms with E-state index in [0.29, 0.717) is 17.1 Å². The van der Waals surface area contributed by atoms with Gasteiger partial charge in [0.1, 0.15) is 4.88 Å². The molecule has 1 saturated heterocycles. The molecule has 3 rings (SSSR count). The minimum atomic E-state index is -0.999. The third kappa shape index (κ3) is 4.30. The summed E-state index contributed by atoms with van der Waals surface area (Å²) in [5.41, 5.74) is 11.6. The summed E-state index contributed by atoms with van der Waals surface area (Å²) in [6.45, 7) is 1.40. The first kappa shape index (κ1) is 19.8. The van der Waals surface area contributed by atoms with E-state index in [1.165, 1.54) is 11.0 Å². The van der Waals surface area contributed by atoms with Gasteiger partial charge in [0.05, 0.1) is 16.6 Å². The van der Waals surface area contributed by atoms with E-state index >= 15 is 0 Å². The Morgan fingerprint density at radius 2 is 1.96 bits per heavy atom. The molecular formula is C19H18F2N4O2S. The molecule has 1 aliphatic rings. The number of nitrogens with one attached hydrogen (secondary N) is 1. The molecule has 0 aliphatic carbocycles. The van der Waals surface area contributed by atoms with Crippen molar-refractivity contribution in [3.05, 3.63) is 51.2 Å². The molecule has 5 N–H and O–H groups in total. The Morgan fingerprint density at radius 1 is 1.18 bits per heavy atom. The molecule has 9 heteroatoms. The van der Waals surface area contributed by atoms with Gasteiger partial charge in [0, 0.05) is 12.1 Å². The Morgan fingerprint density at radius 3 is 2.57 bits per heavy atom. The number of nitrogens with two attached hydrogens (primary N) is 2. The van der Waals surface area contributed by atoms with Gasteiger partial charge in [-0.3, -0.25) is 9.69 Å². The van der Waals surface area contributed by atoms with Crippen LogP contribution in [0.4, 0.5) is 19.3 Å². The van der Waals surface area contributed by atoms with Crippen LogP contribution in [0, 0.1) is 23.5 Å². The number of piperidine rings is 1. The van der Waals surface area contributed by atoms with Crippen molar-refractivity contribution >= 4 is 29.0 Å². The number of amides is 3. The molecule has 0 bridgehead atoms. The first-order valence-electron chi connectivity index (χ1n) is 8.57. The van der Waals surface area contributed by atoms with Gasteiger partial charge in [-0.1, -0.05) is 11.8 Å². The van der Waals surface area contributed by atoms with Crippen molar-refractivity contribution in [2.45, 2.75) is 18.9 Å². The van der Waals surface area contributed by atoms with Gasteiger partial charge in [-0.2, -0.15) is 0 Å². The number of carbonyl (C=O) groups excluding carboxylic acids is 2. The first-order valence-corrected chi connectivity index (χ1v) is 9.38. The number of nitrogens with zero attached hydrogens (tertiary/aromatic N) is 1. The van der Waals surface area contributed by atoms with E-state index in [1.807, 2.05) is 0 Å². The molecular weight excluding hydrogens is 386 g/mol. The molecule has 3 amide bonds. The predicted octanol–water partition coefficient (Wildman–Crippen LogP) is 2.16. The first-order chi connectivity index (χ1) is 13.4. The summed E-state index contributed by atoms with van der Waals surface area (Å²) in [7, 11) is 0. The Bertz CT molecular complexity index is 974. The maximum Gasteiger partial charge on any atom is 0.319 e. The number of thiophene rings is 1. The van der Waals surface area contributed by atoms with Gasteiger partial charge in [-0.25, -0.2) is 13.6 Å². The fourth-order valence-electron chi connectivity index (χ4n) is 3.06. The molecule has 6 nitrogen and oxygen atoms in total. The predicted molar refractivity (Wildman–Crippen MR) is 103 cm³/mol. The highest BCUT2D eigenvalue weighted by atomic mass is 32.1. The van der Waals surface area contributed by atoms with Crippen LogP contribution in [0.3, 0.4) is 0 Å². The second kappa shape index (κ2) is 8.37. The van der Waals surface area contributed by atoms with Crippen LogP contribution >= 0.6 is 11.3 Å². The zero-order chi connectivity index (χ0) is 20.3. The van der Waals surface area contributed by atoms with Crippen LogP contribution in [-0.4, -0.2) is 31.1 Å². The van der Waals surface area contributed by atoms with E-state index in [2.05, 4.69) is 17.2 Å². The molecule has 146 valence electrons. The van der Waals surface area contributed by atoms with Gasteiger partial charge in [-0.15, -0.1) is 11.3 Å². The minimum absolute atomic E-state index is 0.166. The van der Waals surface area contributed by atoms with Crippen LogP contribution in [0.25, 0.3) is 0 Å². The van der Waals surface area contributed by atoms with Crippen LogP contribution in [0.2, 0.25) is 0 Å². The topological polar surface area (TPSA) is 101 Å². The SMILES string of the molecule is NC(=O)c1sc(C#Cc2ccc(F)c(F)c2)cc1N(C(N)=O)[C@H]1CCCNC1. The van der Waals surface area contributed by atoms with Gasteiger partial charge in [0.25, 0.3) is 5.91 Å². The van der Waals surface area contributed by atoms with Gasteiger partial charge < -0.3 is 16.8 Å². The monoisotopic (exact) mass is 404 g/mol. The van der Waals surface area contributed by atoms with Gasteiger partial charge in [0.15, 0.2) is 11.6 Å². The molecule has 0 unspecified atom stereocenters. The van der Waals surface area contributed by atoms with Crippen molar-refractivity contribution in [1.29, 1.82) is 0 Å². The molecule has 1 fully saturated rings. The highest BCUT2D eigenvalue weighted by Gasteiger charge is 2.29. The van der Waals surface area contributed by atoms with Gasteiger partial charge >= 0.3 is 6.03 Å². The van der Waals surface area contributed by atoms with Crippen LogP contribution in [0.5, 0.6) is 0 Å². The van der Waals surface area contributed by atoms with E-state index in [9.17, 15) is 18.4 Å². The highest BCUT2D eigenvalue weighted by Crippen LogP contribution is 2.32. The number of anilines is 1. The lowest BCUT2D eigenvalue weighted by atomic mass is 10.1. The zero-order valence-corrected chi connectivity index (χ0v) is 15.6. The van der Waals surface area contributed by atoms with Crippen molar-refractivity contribution in [3.8, 4) is 11.8 Å². The van der Waals surface area contributed by atoms with Crippen LogP contribution in [0.15, 0.2) is 24.3 Å². The van der Waals surface area contributed by atoms with E-state index in [1.54, 1.807) is 6.07 Å². The average molecular weight is 404 g/mol. The Kier molecular flexibility index (Phi) is 5.92. The summed E-state index contributed by atoms with van der Waals surface area (Å²) in [4.78, 5) is 26.0. The van der Waals surface area contributed by atoms with E-state index < -0.39 is 23.6 Å². The average Bonchev–Trinajstić information content (AvgIpc) is 3.07. The number of benzene rings is 1. The quantitative estimate of drug-likeness (QED) is 0.684. The van der Waals surface area contributed by atoms with E-state index in [0.717, 1.165) is 42.9 Å². The fourth-order valence-corrected chi connectivity index (χ4v) is 3.91. The maximum absolute atomic E-state index is 13.3. The van der Waals surface area contributed by atoms with Crippen LogP contribution in [0.1, 0.15) is 33.0 Å². The van der Waals surface area contributed by atoms with Crippen molar-refractivity contribution in [2.24, 2.45) is 11.5 Å². The summed E-state index contributed by atoms with van der Waals surface area (Å²) in [5, 5.41) is 3.20. The number of rotatable bonds is 3. The molecule has 2 aromatic rings. The number of hydrogen-bond acceptors (Lipinski definition) is 4. The molecule has 28 heavy (non-hydrogen) atoms. The smallest absolute Gasteiger partial charge is 0.319 e. The summed E-state index contributed by atoms with van der Waals surface area (Å²) in [6, 6.07) is 3.99. The summed E-state index contributed by atoms with van der Waals surface area (Å²) < 4.78 is 26.3. The lowest BCUT2D eigenvalue weighted by molar-refractivity contribution is 0.100. The van der Waals surface area contributed by atoms with E-state index in [4.69, 9.17) is 11.5 Å². The second-order valence-electron chi connectivity index (χ2n) is 6.28. The van der Waals surface area contributed by atoms with Gasteiger partial charge in [-0.05, 0) is 43.7 Å². The number of primary amides is 2. The lowest BCUT2D eigenvalue weighted by Gasteiger charge is -2.33. The summed E-state index contributed by atoms with van der Waals surface area (Å²) in [5.74, 6) is 2.85. The third-order valence-corrected chi connectivity index (χ3v) is 5.37. The summed E-state index contributed by atoms with van der Waals surface area (Å²) in [6.07, 6.45) is 1.60. The second-order valence-corrected chi connectivity index (χ2v) is 7.33. The molecule has 2 heterocycles. The zero-order valence-electron chi connectivity index (χ0n) is 14.8. The number of carbonyl (C=O) groups is 2. The normalized spacial score (nSPS) is 16.1. The minimum Gasteiger partial charge on any atom is -0.365 e. The third-order valence-electron chi connectivity index (χ3n) is 4.32. The Hall–Kier alpha value is -2.96. The number of hydrogen-bond donors (Lipinski definition) is 3. The number of halogens is 2. The maximum atomic E-state index is 13.3. The Labute approximate surface area is 164 Å². The van der Waals surface area contributed by atoms with Crippen molar-refractivity contribution in [3.63, 3.8) is 0 Å². The Balaban J connectivity index is 1.97. The molecule has 1 aromatic heterocycles. The summed E-state index contributed by atoms with van der Waals surface area (Å²) >= 11 is 1.02. The lowest BCUT2D eigenvalue weighted by Crippen LogP contribution is -2.51. The molecule has 0 saturated carbocycles. The molecule has 1 atom stereocenters. The standard InChI is InChI=1S/C19H18F2N4O2S/c20-14-6-4-11(8-15(14)21)3-5-13-9-16(17(28-13)18(22)26)25(19(23)27)12-2-1-7-24-10-12/h4,6,8-9,12,24H,1-2,7,10H2,(H2,22,26)(H2,23,27)/t12-/m0/s1. The van der Waals surface area contributed by atoms with Crippen LogP contribution < -0.4 is 21.7 Å². The number of urea groups is 1. The van der Waals surface area contributed by atoms with Crippen molar-refractivity contribution in [1.82, 2.24) is 5.32 Å². The largest absolute Gasteiger partial charge is 0.365 e. The fraction of sp³-hybridized carbons (Fsp3) is 0.263. The molecule has 1 aliphatic heterocycles. The highest BCUT2D eigenvalue weighted by molar-refractivity contribution is 7.15.